The molecule has 3 fully saturated rings. The van der Waals surface area contributed by atoms with Gasteiger partial charge in [0.2, 0.25) is 11.8 Å². The Morgan fingerprint density at radius 2 is 1.68 bits per heavy atom. The zero-order valence-electron chi connectivity index (χ0n) is 16.6. The minimum atomic E-state index is -0.193. The molecule has 1 atom stereocenters. The zero-order valence-corrected chi connectivity index (χ0v) is 16.6. The third-order valence-corrected chi connectivity index (χ3v) is 6.92. The zero-order chi connectivity index (χ0) is 19.5. The van der Waals surface area contributed by atoms with Crippen molar-refractivity contribution in [2.45, 2.75) is 63.8 Å². The summed E-state index contributed by atoms with van der Waals surface area (Å²) < 4.78 is 13.1. The van der Waals surface area contributed by atoms with Crippen LogP contribution in [0.25, 0.3) is 0 Å². The molecule has 0 radical (unpaired) electrons. The third-order valence-electron chi connectivity index (χ3n) is 6.92. The van der Waals surface area contributed by atoms with E-state index in [9.17, 15) is 14.0 Å². The molecule has 3 aliphatic rings. The van der Waals surface area contributed by atoms with E-state index >= 15 is 0 Å². The van der Waals surface area contributed by atoms with Crippen LogP contribution in [0, 0.1) is 17.7 Å². The summed E-state index contributed by atoms with van der Waals surface area (Å²) in [7, 11) is 0. The largest absolute Gasteiger partial charge is 0.342 e. The maximum absolute atomic E-state index is 13.1. The van der Waals surface area contributed by atoms with Gasteiger partial charge in [-0.1, -0.05) is 25.0 Å². The van der Waals surface area contributed by atoms with Gasteiger partial charge in [-0.15, -0.1) is 0 Å². The molecule has 152 valence electrons. The predicted molar refractivity (Wildman–Crippen MR) is 106 cm³/mol. The Kier molecular flexibility index (Phi) is 5.98. The van der Waals surface area contributed by atoms with Crippen LogP contribution in [0.15, 0.2) is 24.3 Å². The molecule has 2 aliphatic heterocycles. The van der Waals surface area contributed by atoms with Crippen molar-refractivity contribution in [1.29, 1.82) is 0 Å². The number of carbonyl (C=O) groups is 2. The molecule has 1 unspecified atom stereocenters. The Morgan fingerprint density at radius 1 is 1.00 bits per heavy atom. The molecule has 0 N–H and O–H groups in total. The molecule has 1 aliphatic carbocycles. The maximum atomic E-state index is 13.1. The number of piperidine rings is 2. The Balaban J connectivity index is 1.28. The van der Waals surface area contributed by atoms with E-state index in [2.05, 4.69) is 0 Å². The fourth-order valence-corrected chi connectivity index (χ4v) is 5.21. The molecule has 2 saturated heterocycles. The monoisotopic (exact) mass is 386 g/mol. The van der Waals surface area contributed by atoms with Crippen LogP contribution in [0.2, 0.25) is 0 Å². The van der Waals surface area contributed by atoms with E-state index in [1.807, 2.05) is 21.9 Å². The number of halogens is 1. The van der Waals surface area contributed by atoms with Crippen molar-refractivity contribution >= 4 is 11.8 Å². The Labute approximate surface area is 167 Å². The molecule has 0 spiro atoms. The van der Waals surface area contributed by atoms with E-state index < -0.39 is 0 Å². The highest BCUT2D eigenvalue weighted by Crippen LogP contribution is 2.30. The molecule has 5 heteroatoms. The lowest BCUT2D eigenvalue weighted by Crippen LogP contribution is -2.51. The second-order valence-corrected chi connectivity index (χ2v) is 8.82. The molecule has 2 amide bonds. The van der Waals surface area contributed by atoms with E-state index in [0.29, 0.717) is 31.3 Å². The topological polar surface area (TPSA) is 40.6 Å². The van der Waals surface area contributed by atoms with Gasteiger partial charge in [-0.2, -0.15) is 0 Å². The van der Waals surface area contributed by atoms with Crippen LogP contribution in [-0.2, 0) is 16.0 Å². The average molecular weight is 387 g/mol. The molecular weight excluding hydrogens is 355 g/mol. The number of benzene rings is 1. The van der Waals surface area contributed by atoms with Crippen LogP contribution in [0.1, 0.15) is 56.9 Å². The summed E-state index contributed by atoms with van der Waals surface area (Å²) in [5.74, 6) is 0.829. The van der Waals surface area contributed by atoms with Crippen molar-refractivity contribution in [3.63, 3.8) is 0 Å². The van der Waals surface area contributed by atoms with Crippen LogP contribution < -0.4 is 0 Å². The van der Waals surface area contributed by atoms with Gasteiger partial charge in [-0.05, 0) is 62.1 Å². The van der Waals surface area contributed by atoms with Crippen LogP contribution in [-0.4, -0.2) is 47.3 Å². The van der Waals surface area contributed by atoms with Crippen LogP contribution in [0.4, 0.5) is 4.39 Å². The highest BCUT2D eigenvalue weighted by Gasteiger charge is 2.37. The van der Waals surface area contributed by atoms with E-state index in [4.69, 9.17) is 0 Å². The molecule has 1 saturated carbocycles. The maximum Gasteiger partial charge on any atom is 0.227 e. The summed E-state index contributed by atoms with van der Waals surface area (Å²) in [5, 5.41) is 0. The molecule has 1 aromatic carbocycles. The van der Waals surface area contributed by atoms with E-state index in [0.717, 1.165) is 45.2 Å². The molecule has 4 nitrogen and oxygen atoms in total. The molecule has 4 rings (SSSR count). The summed E-state index contributed by atoms with van der Waals surface area (Å²) in [6.45, 7) is 2.23. The minimum absolute atomic E-state index is 0.0213. The lowest BCUT2D eigenvalue weighted by Gasteiger charge is -2.39. The number of likely N-dealkylation sites (tertiary alicyclic amines) is 2. The number of rotatable bonds is 4. The Hall–Kier alpha value is -1.91. The summed E-state index contributed by atoms with van der Waals surface area (Å²) in [6, 6.07) is 7.14. The van der Waals surface area contributed by atoms with E-state index in [-0.39, 0.29) is 23.5 Å². The van der Waals surface area contributed by atoms with Crippen molar-refractivity contribution in [3.8, 4) is 0 Å². The summed E-state index contributed by atoms with van der Waals surface area (Å²) in [5.41, 5.74) is 1.17. The predicted octanol–water partition coefficient (Wildman–Crippen LogP) is 3.79. The van der Waals surface area contributed by atoms with Crippen molar-refractivity contribution in [3.05, 3.63) is 35.6 Å². The van der Waals surface area contributed by atoms with Gasteiger partial charge in [0.25, 0.3) is 0 Å². The number of hydrogen-bond acceptors (Lipinski definition) is 2. The lowest BCUT2D eigenvalue weighted by molar-refractivity contribution is -0.145. The number of amides is 2. The van der Waals surface area contributed by atoms with Gasteiger partial charge in [0.05, 0.1) is 5.92 Å². The van der Waals surface area contributed by atoms with Crippen LogP contribution >= 0.6 is 0 Å². The molecule has 2 heterocycles. The Morgan fingerprint density at radius 3 is 2.36 bits per heavy atom. The Bertz CT molecular complexity index is 691. The number of carbonyl (C=O) groups excluding carboxylic acids is 2. The SMILES string of the molecule is O=C(C1CCC(=O)N(C2CCCC2)C1)N1CCC(Cc2ccc(F)cc2)CC1. The first kappa shape index (κ1) is 19.4. The fourth-order valence-electron chi connectivity index (χ4n) is 5.21. The lowest BCUT2D eigenvalue weighted by atomic mass is 9.88. The van der Waals surface area contributed by atoms with Gasteiger partial charge in [0, 0.05) is 32.1 Å². The normalized spacial score (nSPS) is 24.8. The molecule has 0 bridgehead atoms. The summed E-state index contributed by atoms with van der Waals surface area (Å²) in [6.07, 6.45) is 8.79. The van der Waals surface area contributed by atoms with Crippen molar-refractivity contribution in [1.82, 2.24) is 9.80 Å². The van der Waals surface area contributed by atoms with Gasteiger partial charge >= 0.3 is 0 Å². The number of nitrogens with zero attached hydrogens (tertiary/aromatic N) is 2. The second-order valence-electron chi connectivity index (χ2n) is 8.82. The average Bonchev–Trinajstić information content (AvgIpc) is 3.25. The molecule has 1 aromatic rings. The van der Waals surface area contributed by atoms with Gasteiger partial charge < -0.3 is 9.80 Å². The standard InChI is InChI=1S/C23H31FN2O2/c24-20-8-5-17(6-9-20)15-18-11-13-25(14-12-18)23(28)19-7-10-22(27)26(16-19)21-3-1-2-4-21/h5-6,8-9,18-19,21H,1-4,7,10-16H2. The molecule has 0 aromatic heterocycles. The fraction of sp³-hybridized carbons (Fsp3) is 0.652. The van der Waals surface area contributed by atoms with Crippen molar-refractivity contribution in [2.24, 2.45) is 11.8 Å². The smallest absolute Gasteiger partial charge is 0.227 e. The first-order valence-electron chi connectivity index (χ1n) is 10.9. The first-order chi connectivity index (χ1) is 13.6. The second kappa shape index (κ2) is 8.62. The molecule has 28 heavy (non-hydrogen) atoms. The third kappa shape index (κ3) is 4.39. The van der Waals surface area contributed by atoms with Crippen LogP contribution in [0.5, 0.6) is 0 Å². The van der Waals surface area contributed by atoms with Gasteiger partial charge in [0.15, 0.2) is 0 Å². The van der Waals surface area contributed by atoms with E-state index in [1.54, 1.807) is 0 Å². The highest BCUT2D eigenvalue weighted by molar-refractivity contribution is 5.84. The van der Waals surface area contributed by atoms with Gasteiger partial charge in [-0.25, -0.2) is 4.39 Å². The van der Waals surface area contributed by atoms with E-state index in [1.165, 1.54) is 30.5 Å². The quantitative estimate of drug-likeness (QED) is 0.790. The van der Waals surface area contributed by atoms with Crippen molar-refractivity contribution < 1.29 is 14.0 Å². The van der Waals surface area contributed by atoms with Gasteiger partial charge in [-0.3, -0.25) is 9.59 Å². The van der Waals surface area contributed by atoms with Crippen molar-refractivity contribution in [2.75, 3.05) is 19.6 Å². The number of hydrogen-bond donors (Lipinski definition) is 0. The first-order valence-corrected chi connectivity index (χ1v) is 10.9. The minimum Gasteiger partial charge on any atom is -0.342 e. The summed E-state index contributed by atoms with van der Waals surface area (Å²) in [4.78, 5) is 29.4. The molecular formula is C23H31FN2O2. The van der Waals surface area contributed by atoms with Gasteiger partial charge in [0.1, 0.15) is 5.82 Å². The highest BCUT2D eigenvalue weighted by atomic mass is 19.1. The van der Waals surface area contributed by atoms with Crippen LogP contribution in [0.3, 0.4) is 0 Å². The summed E-state index contributed by atoms with van der Waals surface area (Å²) >= 11 is 0.